The molecule has 1 N–H and O–H groups in total. The molecule has 94 valence electrons. The van der Waals surface area contributed by atoms with Gasteiger partial charge in [-0.3, -0.25) is 14.5 Å². The molecule has 1 aliphatic heterocycles. The molecule has 0 aliphatic carbocycles. The molecule has 1 fully saturated rings. The van der Waals surface area contributed by atoms with Gasteiger partial charge >= 0.3 is 0 Å². The molecular formula is C12H18N2O2S. The van der Waals surface area contributed by atoms with Gasteiger partial charge in [-0.1, -0.05) is 25.5 Å². The second-order valence-corrected chi connectivity index (χ2v) is 4.42. The SMILES string of the molecule is C/C=C\[C@]1(CCC)C(=O)NC(=S)N(CC)C1=O. The van der Waals surface area contributed by atoms with Gasteiger partial charge in [-0.25, -0.2) is 0 Å². The molecule has 0 aromatic rings. The first-order valence-corrected chi connectivity index (χ1v) is 6.25. The smallest absolute Gasteiger partial charge is 0.248 e. The van der Waals surface area contributed by atoms with Gasteiger partial charge in [-0.05, 0) is 32.5 Å². The number of carbonyl (C=O) groups is 2. The van der Waals surface area contributed by atoms with E-state index in [-0.39, 0.29) is 16.9 Å². The molecule has 1 heterocycles. The Morgan fingerprint density at radius 1 is 1.41 bits per heavy atom. The predicted molar refractivity (Wildman–Crippen MR) is 70.3 cm³/mol. The zero-order valence-electron chi connectivity index (χ0n) is 10.4. The van der Waals surface area contributed by atoms with Crippen molar-refractivity contribution in [2.45, 2.75) is 33.6 Å². The van der Waals surface area contributed by atoms with Crippen LogP contribution >= 0.6 is 12.2 Å². The van der Waals surface area contributed by atoms with Crippen LogP contribution in [0.5, 0.6) is 0 Å². The molecule has 17 heavy (non-hydrogen) atoms. The van der Waals surface area contributed by atoms with Gasteiger partial charge in [0.25, 0.3) is 0 Å². The number of thiocarbonyl (C=S) groups is 1. The maximum atomic E-state index is 12.4. The molecule has 5 heteroatoms. The van der Waals surface area contributed by atoms with Gasteiger partial charge in [0.2, 0.25) is 11.8 Å². The topological polar surface area (TPSA) is 49.4 Å². The number of nitrogens with zero attached hydrogens (tertiary/aromatic N) is 1. The van der Waals surface area contributed by atoms with Crippen LogP contribution in [-0.2, 0) is 9.59 Å². The summed E-state index contributed by atoms with van der Waals surface area (Å²) in [5.74, 6) is -0.522. The fraction of sp³-hybridized carbons (Fsp3) is 0.583. The highest BCUT2D eigenvalue weighted by molar-refractivity contribution is 7.80. The molecule has 0 radical (unpaired) electrons. The minimum absolute atomic E-state index is 0.207. The van der Waals surface area contributed by atoms with Crippen molar-refractivity contribution < 1.29 is 9.59 Å². The van der Waals surface area contributed by atoms with E-state index in [9.17, 15) is 9.59 Å². The summed E-state index contributed by atoms with van der Waals surface area (Å²) in [6, 6.07) is 0. The summed E-state index contributed by atoms with van der Waals surface area (Å²) >= 11 is 5.00. The number of carbonyl (C=O) groups excluding carboxylic acids is 2. The van der Waals surface area contributed by atoms with E-state index in [4.69, 9.17) is 12.2 Å². The minimum atomic E-state index is -1.08. The van der Waals surface area contributed by atoms with Crippen LogP contribution in [0.4, 0.5) is 0 Å². The van der Waals surface area contributed by atoms with Crippen LogP contribution < -0.4 is 5.32 Å². The van der Waals surface area contributed by atoms with Gasteiger partial charge in [0, 0.05) is 6.54 Å². The average molecular weight is 254 g/mol. The van der Waals surface area contributed by atoms with Crippen LogP contribution in [-0.4, -0.2) is 28.4 Å². The van der Waals surface area contributed by atoms with Crippen LogP contribution in [0.2, 0.25) is 0 Å². The third-order valence-electron chi connectivity index (χ3n) is 2.91. The summed E-state index contributed by atoms with van der Waals surface area (Å²) in [5.41, 5.74) is -1.08. The molecule has 1 saturated heterocycles. The second kappa shape index (κ2) is 5.40. The molecule has 0 bridgehead atoms. The fourth-order valence-electron chi connectivity index (χ4n) is 2.12. The lowest BCUT2D eigenvalue weighted by atomic mass is 9.79. The van der Waals surface area contributed by atoms with Crippen LogP contribution in [0.3, 0.4) is 0 Å². The number of hydrogen-bond donors (Lipinski definition) is 1. The van der Waals surface area contributed by atoms with Gasteiger partial charge in [0.15, 0.2) is 5.11 Å². The summed E-state index contributed by atoms with van der Waals surface area (Å²) in [4.78, 5) is 25.9. The summed E-state index contributed by atoms with van der Waals surface area (Å²) in [6.45, 7) is 6.07. The van der Waals surface area contributed by atoms with Gasteiger partial charge < -0.3 is 5.32 Å². The molecular weight excluding hydrogens is 236 g/mol. The monoisotopic (exact) mass is 254 g/mol. The third-order valence-corrected chi connectivity index (χ3v) is 3.23. The highest BCUT2D eigenvalue weighted by atomic mass is 32.1. The lowest BCUT2D eigenvalue weighted by Gasteiger charge is -2.38. The molecule has 0 aromatic heterocycles. The average Bonchev–Trinajstić information content (AvgIpc) is 2.27. The van der Waals surface area contributed by atoms with Crippen molar-refractivity contribution in [2.24, 2.45) is 5.41 Å². The van der Waals surface area contributed by atoms with Crippen molar-refractivity contribution >= 4 is 29.1 Å². The molecule has 0 spiro atoms. The minimum Gasteiger partial charge on any atom is -0.301 e. The number of hydrogen-bond acceptors (Lipinski definition) is 3. The second-order valence-electron chi connectivity index (χ2n) is 4.03. The highest BCUT2D eigenvalue weighted by Crippen LogP contribution is 2.32. The Hall–Kier alpha value is -1.23. The third kappa shape index (κ3) is 2.24. The van der Waals surface area contributed by atoms with Gasteiger partial charge in [0.05, 0.1) is 0 Å². The summed E-state index contributed by atoms with van der Waals surface area (Å²) < 4.78 is 0. The fourth-order valence-corrected chi connectivity index (χ4v) is 2.43. The lowest BCUT2D eigenvalue weighted by molar-refractivity contribution is -0.146. The Labute approximate surface area is 107 Å². The normalized spacial score (nSPS) is 25.6. The van der Waals surface area contributed by atoms with Crippen molar-refractivity contribution in [3.8, 4) is 0 Å². The maximum Gasteiger partial charge on any atom is 0.248 e. The van der Waals surface area contributed by atoms with E-state index >= 15 is 0 Å². The maximum absolute atomic E-state index is 12.4. The Balaban J connectivity index is 3.21. The Morgan fingerprint density at radius 3 is 2.53 bits per heavy atom. The molecule has 0 aromatic carbocycles. The number of rotatable bonds is 4. The zero-order valence-corrected chi connectivity index (χ0v) is 11.3. The predicted octanol–water partition coefficient (Wildman–Crippen LogP) is 1.61. The van der Waals surface area contributed by atoms with E-state index in [0.717, 1.165) is 6.42 Å². The molecule has 1 atom stereocenters. The van der Waals surface area contributed by atoms with E-state index in [1.807, 2.05) is 13.8 Å². The number of nitrogens with one attached hydrogen (secondary N) is 1. The molecule has 1 rings (SSSR count). The standard InChI is InChI=1S/C12H18N2O2S/c1-4-7-12(8-5-2)9(15)13-11(17)14(6-3)10(12)16/h4,7H,5-6,8H2,1-3H3,(H,13,15,17)/b7-4-/t12-/m0/s1. The summed E-state index contributed by atoms with van der Waals surface area (Å²) in [7, 11) is 0. The van der Waals surface area contributed by atoms with E-state index in [0.29, 0.717) is 13.0 Å². The number of amides is 2. The van der Waals surface area contributed by atoms with E-state index in [1.165, 1.54) is 4.90 Å². The van der Waals surface area contributed by atoms with Gasteiger partial charge in [-0.2, -0.15) is 0 Å². The van der Waals surface area contributed by atoms with Crippen molar-refractivity contribution in [3.05, 3.63) is 12.2 Å². The van der Waals surface area contributed by atoms with Crippen LogP contribution in [0.25, 0.3) is 0 Å². The largest absolute Gasteiger partial charge is 0.301 e. The first-order valence-electron chi connectivity index (χ1n) is 5.84. The first kappa shape index (κ1) is 13.8. The Bertz CT molecular complexity index is 379. The molecule has 1 aliphatic rings. The lowest BCUT2D eigenvalue weighted by Crippen LogP contribution is -2.63. The van der Waals surface area contributed by atoms with Crippen LogP contribution in [0.15, 0.2) is 12.2 Å². The molecule has 2 amide bonds. The van der Waals surface area contributed by atoms with Crippen molar-refractivity contribution in [2.75, 3.05) is 6.54 Å². The quantitative estimate of drug-likeness (QED) is 0.471. The van der Waals surface area contributed by atoms with Crippen LogP contribution in [0.1, 0.15) is 33.6 Å². The molecule has 0 saturated carbocycles. The molecule has 4 nitrogen and oxygen atoms in total. The zero-order chi connectivity index (χ0) is 13.1. The van der Waals surface area contributed by atoms with Gasteiger partial charge in [0.1, 0.15) is 5.41 Å². The van der Waals surface area contributed by atoms with Crippen molar-refractivity contribution in [1.82, 2.24) is 10.2 Å². The highest BCUT2D eigenvalue weighted by Gasteiger charge is 2.49. The van der Waals surface area contributed by atoms with Crippen molar-refractivity contribution in [3.63, 3.8) is 0 Å². The van der Waals surface area contributed by atoms with E-state index in [1.54, 1.807) is 19.1 Å². The van der Waals surface area contributed by atoms with E-state index < -0.39 is 5.41 Å². The Morgan fingerprint density at radius 2 is 2.06 bits per heavy atom. The Kier molecular flexibility index (Phi) is 4.40. The van der Waals surface area contributed by atoms with Gasteiger partial charge in [-0.15, -0.1) is 0 Å². The van der Waals surface area contributed by atoms with Crippen molar-refractivity contribution in [1.29, 1.82) is 0 Å². The molecule has 0 unspecified atom stereocenters. The van der Waals surface area contributed by atoms with E-state index in [2.05, 4.69) is 5.32 Å². The summed E-state index contributed by atoms with van der Waals surface area (Å²) in [5, 5.41) is 2.82. The first-order chi connectivity index (χ1) is 8.03. The number of allylic oxidation sites excluding steroid dienone is 1. The van der Waals surface area contributed by atoms with Crippen LogP contribution in [0, 0.1) is 5.41 Å². The summed E-state index contributed by atoms with van der Waals surface area (Å²) in [6.07, 6.45) is 4.68.